The normalized spacial score (nSPS) is 16.4. The number of hydrogen-bond acceptors (Lipinski definition) is 10. The van der Waals surface area contributed by atoms with Crippen molar-refractivity contribution in [1.29, 1.82) is 0 Å². The summed E-state index contributed by atoms with van der Waals surface area (Å²) in [6.07, 6.45) is 26.6. The zero-order chi connectivity index (χ0) is 68.5. The molecule has 10 rings (SSSR count). The summed E-state index contributed by atoms with van der Waals surface area (Å²) in [4.78, 5) is 4.43. The van der Waals surface area contributed by atoms with Crippen LogP contribution in [0.15, 0.2) is 121 Å². The Labute approximate surface area is 608 Å². The Morgan fingerprint density at radius 2 is 0.520 bits per heavy atom. The molecular weight excluding hydrogens is 1310 g/mol. The first-order valence-corrected chi connectivity index (χ1v) is 39.0. The van der Waals surface area contributed by atoms with E-state index in [9.17, 15) is 0 Å². The summed E-state index contributed by atoms with van der Waals surface area (Å²) >= 11 is 30.1. The van der Waals surface area contributed by atoms with Crippen molar-refractivity contribution < 1.29 is 37.9 Å². The molecule has 0 saturated carbocycles. The van der Waals surface area contributed by atoms with Gasteiger partial charge in [0.15, 0.2) is 0 Å². The standard InChI is InChI=1S/C84H112Cl4N2O8/c1-5-81(57-95-58-81)53-91-45-21-13-9-17-25-65-29-37-69(38-30-65)89(70-39-31-66(32-40-70)26-18-10-14-22-46-92-54-82(6-2)59-96-60-82)79-51-75(85)73(49-77(79)87)74-50-78(88)80(52-76(74)86)90(71-41-33-67(34-42-71)27-19-11-15-23-47-93-55-83(7-3)61-97-62-83)72-43-35-68(36-44-72)28-20-12-16-24-48-94-56-84(8-4)63-98-64-84/h29-44,49-52H,5-28,45-48,53-64H2,1-4H3. The van der Waals surface area contributed by atoms with Gasteiger partial charge in [-0.15, -0.1) is 0 Å². The molecule has 0 spiro atoms. The number of hydrogen-bond donors (Lipinski definition) is 0. The molecule has 0 unspecified atom stereocenters. The minimum Gasteiger partial charge on any atom is -0.381 e. The van der Waals surface area contributed by atoms with Gasteiger partial charge in [-0.05, 0) is 198 Å². The molecule has 4 saturated heterocycles. The van der Waals surface area contributed by atoms with Crippen LogP contribution in [0.5, 0.6) is 0 Å². The fraction of sp³-hybridized carbons (Fsp3) is 0.571. The van der Waals surface area contributed by atoms with Gasteiger partial charge in [0.2, 0.25) is 0 Å². The summed E-state index contributed by atoms with van der Waals surface area (Å²) in [5.41, 5.74) is 13.0. The second-order valence-corrected chi connectivity index (χ2v) is 30.8. The lowest BCUT2D eigenvalue weighted by atomic mass is 9.84. The van der Waals surface area contributed by atoms with Crippen molar-refractivity contribution in [1.82, 2.24) is 0 Å². The number of anilines is 6. The van der Waals surface area contributed by atoms with Crippen LogP contribution in [0.4, 0.5) is 34.1 Å². The SMILES string of the molecule is CCC1(COCCCCCCc2ccc(N(c3ccc(CCCCCCOCC4(CC)COC4)cc3)c3cc(Cl)c(-c4cc(Cl)c(N(c5ccc(CCCCCCOCC6(CC)COC6)cc5)c5ccc(CCCCCCOCC6(CC)COC6)cc5)cc4Cl)cc3Cl)cc2)COC1. The van der Waals surface area contributed by atoms with Gasteiger partial charge in [0.05, 0.1) is 111 Å². The van der Waals surface area contributed by atoms with E-state index in [1.807, 2.05) is 24.3 Å². The molecule has 0 bridgehead atoms. The number of ether oxygens (including phenoxy) is 8. The molecular formula is C84H112Cl4N2O8. The van der Waals surface area contributed by atoms with Crippen LogP contribution in [-0.4, -0.2) is 106 Å². The van der Waals surface area contributed by atoms with Crippen LogP contribution in [0, 0.1) is 21.7 Å². The van der Waals surface area contributed by atoms with E-state index >= 15 is 0 Å². The first-order chi connectivity index (χ1) is 47.9. The average Bonchev–Trinajstić information content (AvgIpc) is 0.768. The molecule has 4 heterocycles. The fourth-order valence-corrected chi connectivity index (χ4v) is 14.8. The third kappa shape index (κ3) is 21.4. The Morgan fingerprint density at radius 3 is 0.724 bits per heavy atom. The zero-order valence-electron chi connectivity index (χ0n) is 59.5. The lowest BCUT2D eigenvalue weighted by molar-refractivity contribution is -0.150. The van der Waals surface area contributed by atoms with Crippen LogP contribution in [0.2, 0.25) is 20.1 Å². The number of rotatable bonds is 47. The Hall–Kier alpha value is -4.24. The molecule has 0 amide bonds. The molecule has 4 aliphatic rings. The molecule has 0 N–H and O–H groups in total. The van der Waals surface area contributed by atoms with Crippen molar-refractivity contribution in [2.24, 2.45) is 21.7 Å². The van der Waals surface area contributed by atoms with E-state index in [2.05, 4.69) is 135 Å². The third-order valence-corrected chi connectivity index (χ3v) is 22.8. The predicted octanol–water partition coefficient (Wildman–Crippen LogP) is 23.1. The smallest absolute Gasteiger partial charge is 0.0663 e. The van der Waals surface area contributed by atoms with Gasteiger partial charge in [0.25, 0.3) is 0 Å². The maximum Gasteiger partial charge on any atom is 0.0663 e. The Balaban J connectivity index is 0.818. The highest BCUT2D eigenvalue weighted by Gasteiger charge is 2.39. The molecule has 4 aliphatic heterocycles. The summed E-state index contributed by atoms with van der Waals surface area (Å²) in [5, 5.41) is 2.07. The van der Waals surface area contributed by atoms with E-state index in [1.165, 1.54) is 47.9 Å². The minimum absolute atomic E-state index is 0.236. The largest absolute Gasteiger partial charge is 0.381 e. The molecule has 14 heteroatoms. The van der Waals surface area contributed by atoms with Gasteiger partial charge >= 0.3 is 0 Å². The van der Waals surface area contributed by atoms with Crippen LogP contribution in [-0.2, 0) is 63.6 Å². The van der Waals surface area contributed by atoms with E-state index < -0.39 is 0 Å². The van der Waals surface area contributed by atoms with E-state index in [0.29, 0.717) is 31.2 Å². The predicted molar refractivity (Wildman–Crippen MR) is 407 cm³/mol. The van der Waals surface area contributed by atoms with E-state index in [-0.39, 0.29) is 21.7 Å². The lowest BCUT2D eigenvalue weighted by Gasteiger charge is -2.40. The molecule has 0 aromatic heterocycles. The van der Waals surface area contributed by atoms with Gasteiger partial charge in [-0.2, -0.15) is 0 Å². The van der Waals surface area contributed by atoms with Crippen LogP contribution in [0.1, 0.15) is 178 Å². The lowest BCUT2D eigenvalue weighted by Crippen LogP contribution is -2.45. The maximum absolute atomic E-state index is 7.56. The second-order valence-electron chi connectivity index (χ2n) is 29.2. The van der Waals surface area contributed by atoms with Crippen LogP contribution < -0.4 is 9.80 Å². The highest BCUT2D eigenvalue weighted by Crippen LogP contribution is 2.49. The van der Waals surface area contributed by atoms with Crippen LogP contribution >= 0.6 is 46.4 Å². The first-order valence-electron chi connectivity index (χ1n) is 37.5. The molecule has 6 aromatic rings. The first kappa shape index (κ1) is 76.4. The van der Waals surface area contributed by atoms with Crippen molar-refractivity contribution in [3.63, 3.8) is 0 Å². The number of aryl methyl sites for hydroxylation is 4. The van der Waals surface area contributed by atoms with Crippen LogP contribution in [0.3, 0.4) is 0 Å². The summed E-state index contributed by atoms with van der Waals surface area (Å²) in [6.45, 7) is 22.0. The highest BCUT2D eigenvalue weighted by atomic mass is 35.5. The topological polar surface area (TPSA) is 80.3 Å². The van der Waals surface area contributed by atoms with E-state index in [1.54, 1.807) is 0 Å². The molecule has 0 atom stereocenters. The molecule has 4 fully saturated rings. The van der Waals surface area contributed by atoms with Gasteiger partial charge in [-0.25, -0.2) is 0 Å². The van der Waals surface area contributed by atoms with Gasteiger partial charge < -0.3 is 47.7 Å². The van der Waals surface area contributed by atoms with Crippen molar-refractivity contribution in [2.75, 3.05) is 116 Å². The number of benzene rings is 6. The van der Waals surface area contributed by atoms with Crippen molar-refractivity contribution in [3.05, 3.63) is 164 Å². The summed E-state index contributed by atoms with van der Waals surface area (Å²) in [6, 6.07) is 43.5. The number of unbranched alkanes of at least 4 members (excludes halogenated alkanes) is 12. The van der Waals surface area contributed by atoms with Gasteiger partial charge in [-0.3, -0.25) is 0 Å². The summed E-state index contributed by atoms with van der Waals surface area (Å²) in [5.74, 6) is 0. The molecule has 0 radical (unpaired) electrons. The van der Waals surface area contributed by atoms with Crippen LogP contribution in [0.25, 0.3) is 11.1 Å². The zero-order valence-corrected chi connectivity index (χ0v) is 62.5. The Morgan fingerprint density at radius 1 is 0.296 bits per heavy atom. The third-order valence-electron chi connectivity index (χ3n) is 21.5. The minimum atomic E-state index is 0.236. The van der Waals surface area contributed by atoms with E-state index in [4.69, 9.17) is 84.3 Å². The van der Waals surface area contributed by atoms with Gasteiger partial charge in [0, 0.05) is 82.0 Å². The van der Waals surface area contributed by atoms with Crippen molar-refractivity contribution in [3.8, 4) is 11.1 Å². The highest BCUT2D eigenvalue weighted by molar-refractivity contribution is 6.40. The monoisotopic (exact) mass is 1420 g/mol. The maximum atomic E-state index is 7.56. The Kier molecular flexibility index (Phi) is 30.3. The Bertz CT molecular complexity index is 2910. The number of nitrogens with zero attached hydrogens (tertiary/aromatic N) is 2. The quantitative estimate of drug-likeness (QED) is 0.0345. The second kappa shape index (κ2) is 38.9. The van der Waals surface area contributed by atoms with Crippen molar-refractivity contribution >= 4 is 80.5 Å². The molecule has 10 nitrogen and oxygen atoms in total. The molecule has 0 aliphatic carbocycles. The fourth-order valence-electron chi connectivity index (χ4n) is 13.8. The molecule has 6 aromatic carbocycles. The molecule has 98 heavy (non-hydrogen) atoms. The summed E-state index contributed by atoms with van der Waals surface area (Å²) < 4.78 is 46.3. The molecule has 534 valence electrons. The van der Waals surface area contributed by atoms with E-state index in [0.717, 1.165) is 268 Å². The van der Waals surface area contributed by atoms with Crippen molar-refractivity contribution in [2.45, 2.75) is 182 Å². The van der Waals surface area contributed by atoms with Gasteiger partial charge in [0.1, 0.15) is 0 Å². The summed E-state index contributed by atoms with van der Waals surface area (Å²) in [7, 11) is 0. The number of halogens is 4. The van der Waals surface area contributed by atoms with Gasteiger partial charge in [-0.1, -0.05) is 174 Å². The average molecular weight is 1420 g/mol.